The van der Waals surface area contributed by atoms with Gasteiger partial charge in [-0.25, -0.2) is 9.78 Å². The van der Waals surface area contributed by atoms with E-state index in [1.54, 1.807) is 4.90 Å². The first-order valence-corrected chi connectivity index (χ1v) is 7.57. The van der Waals surface area contributed by atoms with Crippen LogP contribution < -0.4 is 5.73 Å². The first-order valence-electron chi connectivity index (χ1n) is 7.57. The van der Waals surface area contributed by atoms with Crippen LogP contribution in [0.2, 0.25) is 0 Å². The van der Waals surface area contributed by atoms with Gasteiger partial charge in [-0.05, 0) is 58.1 Å². The van der Waals surface area contributed by atoms with Gasteiger partial charge in [0, 0.05) is 18.8 Å². The third kappa shape index (κ3) is 4.62. The molecule has 0 saturated heterocycles. The molecule has 0 saturated carbocycles. The van der Waals surface area contributed by atoms with Crippen LogP contribution in [0.15, 0.2) is 12.1 Å². The normalized spacial score (nSPS) is 16.4. The minimum atomic E-state index is -0.450. The number of hydrogen-bond donors (Lipinski definition) is 1. The Balaban J connectivity index is 2.02. The Morgan fingerprint density at radius 1 is 1.24 bits per heavy atom. The molecule has 1 aromatic rings. The van der Waals surface area contributed by atoms with E-state index >= 15 is 0 Å². The van der Waals surface area contributed by atoms with Gasteiger partial charge in [-0.3, -0.25) is 0 Å². The molecule has 1 aromatic heterocycles. The van der Waals surface area contributed by atoms with Crippen molar-refractivity contribution in [2.45, 2.75) is 52.1 Å². The highest BCUT2D eigenvalue weighted by Crippen LogP contribution is 2.18. The van der Waals surface area contributed by atoms with Gasteiger partial charge in [0.15, 0.2) is 0 Å². The summed E-state index contributed by atoms with van der Waals surface area (Å²) >= 11 is 0. The summed E-state index contributed by atoms with van der Waals surface area (Å²) in [7, 11) is 0. The highest BCUT2D eigenvalue weighted by molar-refractivity contribution is 5.68. The van der Waals surface area contributed by atoms with Crippen LogP contribution in [0.5, 0.6) is 0 Å². The molecule has 0 fully saturated rings. The molecule has 1 amide bonds. The molecule has 0 unspecified atom stereocenters. The van der Waals surface area contributed by atoms with Crippen LogP contribution in [0.3, 0.4) is 0 Å². The molecular weight excluding hydrogens is 266 g/mol. The van der Waals surface area contributed by atoms with E-state index in [0.717, 1.165) is 37.9 Å². The number of ether oxygens (including phenoxy) is 1. The molecule has 5 heteroatoms. The number of nitrogens with zero attached hydrogens (tertiary/aromatic N) is 2. The molecule has 2 N–H and O–H groups in total. The summed E-state index contributed by atoms with van der Waals surface area (Å²) in [6.07, 6.45) is 3.34. The molecule has 1 aliphatic heterocycles. The predicted molar refractivity (Wildman–Crippen MR) is 83.1 cm³/mol. The number of fused-ring (bicyclic) bond motifs is 1. The van der Waals surface area contributed by atoms with Crippen LogP contribution in [0.4, 0.5) is 10.6 Å². The number of carbonyl (C=O) groups is 1. The van der Waals surface area contributed by atoms with E-state index in [1.165, 1.54) is 5.56 Å². The number of rotatable bonds is 0. The predicted octanol–water partition coefficient (Wildman–Crippen LogP) is 2.78. The molecule has 0 aromatic carbocycles. The summed E-state index contributed by atoms with van der Waals surface area (Å²) < 4.78 is 5.46. The third-order valence-electron chi connectivity index (χ3n) is 3.46. The summed E-state index contributed by atoms with van der Waals surface area (Å²) in [4.78, 5) is 18.4. The largest absolute Gasteiger partial charge is 0.444 e. The Kier molecular flexibility index (Phi) is 4.70. The smallest absolute Gasteiger partial charge is 0.410 e. The zero-order valence-electron chi connectivity index (χ0n) is 13.2. The van der Waals surface area contributed by atoms with Crippen molar-refractivity contribution in [3.05, 3.63) is 23.4 Å². The van der Waals surface area contributed by atoms with Gasteiger partial charge in [-0.1, -0.05) is 6.07 Å². The molecule has 0 aliphatic carbocycles. The van der Waals surface area contributed by atoms with Gasteiger partial charge in [0.05, 0.1) is 0 Å². The molecular formula is C16H25N3O2. The fourth-order valence-corrected chi connectivity index (χ4v) is 2.51. The van der Waals surface area contributed by atoms with Gasteiger partial charge in [-0.2, -0.15) is 0 Å². The standard InChI is InChI=1S/C16H25N3O2/c1-16(2,3)21-15(20)19-10-4-6-12-8-9-14(17)18-13(12)7-5-11-19/h8-9H,4-7,10-11H2,1-3H3,(H2,17,18). The lowest BCUT2D eigenvalue weighted by Gasteiger charge is -2.27. The number of nitrogen functional groups attached to an aromatic ring is 1. The van der Waals surface area contributed by atoms with Crippen molar-refractivity contribution in [3.63, 3.8) is 0 Å². The number of anilines is 1. The van der Waals surface area contributed by atoms with Crippen molar-refractivity contribution < 1.29 is 9.53 Å². The number of aromatic nitrogens is 1. The minimum absolute atomic E-state index is 0.221. The molecule has 2 heterocycles. The van der Waals surface area contributed by atoms with Crippen LogP contribution in [0.1, 0.15) is 44.9 Å². The average molecular weight is 291 g/mol. The summed E-state index contributed by atoms with van der Waals surface area (Å²) in [6.45, 7) is 7.10. The van der Waals surface area contributed by atoms with Gasteiger partial charge in [0.1, 0.15) is 11.4 Å². The van der Waals surface area contributed by atoms with E-state index in [4.69, 9.17) is 10.5 Å². The molecule has 5 nitrogen and oxygen atoms in total. The van der Waals surface area contributed by atoms with E-state index in [-0.39, 0.29) is 6.09 Å². The first-order chi connectivity index (χ1) is 9.85. The van der Waals surface area contributed by atoms with Crippen molar-refractivity contribution in [3.8, 4) is 0 Å². The lowest BCUT2D eigenvalue weighted by Crippen LogP contribution is -2.38. The number of aryl methyl sites for hydroxylation is 2. The van der Waals surface area contributed by atoms with Gasteiger partial charge in [0.25, 0.3) is 0 Å². The van der Waals surface area contributed by atoms with Crippen LogP contribution in [-0.2, 0) is 17.6 Å². The van der Waals surface area contributed by atoms with Gasteiger partial charge < -0.3 is 15.4 Å². The van der Waals surface area contributed by atoms with Gasteiger partial charge >= 0.3 is 6.09 Å². The summed E-state index contributed by atoms with van der Waals surface area (Å²) in [6, 6.07) is 3.91. The Labute approximate surface area is 126 Å². The second-order valence-electron chi connectivity index (χ2n) is 6.52. The maximum Gasteiger partial charge on any atom is 0.410 e. The van der Waals surface area contributed by atoms with Crippen molar-refractivity contribution in [1.29, 1.82) is 0 Å². The Hall–Kier alpha value is -1.78. The molecule has 2 rings (SSSR count). The fraction of sp³-hybridized carbons (Fsp3) is 0.625. The van der Waals surface area contributed by atoms with Crippen LogP contribution in [0, 0.1) is 0 Å². The molecule has 0 spiro atoms. The lowest BCUT2D eigenvalue weighted by molar-refractivity contribution is 0.0247. The number of hydrogen-bond acceptors (Lipinski definition) is 4. The second-order valence-corrected chi connectivity index (χ2v) is 6.52. The van der Waals surface area contributed by atoms with Crippen LogP contribution in [-0.4, -0.2) is 34.7 Å². The minimum Gasteiger partial charge on any atom is -0.444 e. The molecule has 1 aliphatic rings. The Morgan fingerprint density at radius 3 is 2.57 bits per heavy atom. The van der Waals surface area contributed by atoms with E-state index in [9.17, 15) is 4.79 Å². The van der Waals surface area contributed by atoms with Gasteiger partial charge in [-0.15, -0.1) is 0 Å². The highest BCUT2D eigenvalue weighted by atomic mass is 16.6. The molecule has 0 bridgehead atoms. The van der Waals surface area contributed by atoms with Crippen molar-refractivity contribution in [1.82, 2.24) is 9.88 Å². The number of pyridine rings is 1. The fourth-order valence-electron chi connectivity index (χ4n) is 2.51. The zero-order chi connectivity index (χ0) is 15.5. The third-order valence-corrected chi connectivity index (χ3v) is 3.46. The van der Waals surface area contributed by atoms with Crippen LogP contribution in [0.25, 0.3) is 0 Å². The first kappa shape index (κ1) is 15.6. The van der Waals surface area contributed by atoms with E-state index < -0.39 is 5.60 Å². The maximum absolute atomic E-state index is 12.2. The monoisotopic (exact) mass is 291 g/mol. The Bertz CT molecular complexity index is 509. The second kappa shape index (κ2) is 6.33. The highest BCUT2D eigenvalue weighted by Gasteiger charge is 2.22. The molecule has 21 heavy (non-hydrogen) atoms. The number of nitrogens with two attached hydrogens (primary N) is 1. The maximum atomic E-state index is 12.2. The Morgan fingerprint density at radius 2 is 1.90 bits per heavy atom. The molecule has 0 atom stereocenters. The quantitative estimate of drug-likeness (QED) is 0.798. The SMILES string of the molecule is CC(C)(C)OC(=O)N1CCCc2ccc(N)nc2CCC1. The number of carbonyl (C=O) groups excluding carboxylic acids is 1. The van der Waals surface area contributed by atoms with E-state index in [1.807, 2.05) is 26.8 Å². The summed E-state index contributed by atoms with van der Waals surface area (Å²) in [5, 5.41) is 0. The summed E-state index contributed by atoms with van der Waals surface area (Å²) in [5.41, 5.74) is 7.63. The zero-order valence-corrected chi connectivity index (χ0v) is 13.2. The van der Waals surface area contributed by atoms with Gasteiger partial charge in [0.2, 0.25) is 0 Å². The average Bonchev–Trinajstić information content (AvgIpc) is 2.46. The van der Waals surface area contributed by atoms with Crippen LogP contribution >= 0.6 is 0 Å². The number of amides is 1. The van der Waals surface area contributed by atoms with Crippen molar-refractivity contribution in [2.75, 3.05) is 18.8 Å². The van der Waals surface area contributed by atoms with Crippen molar-refractivity contribution >= 4 is 11.9 Å². The topological polar surface area (TPSA) is 68.5 Å². The summed E-state index contributed by atoms with van der Waals surface area (Å²) in [5.74, 6) is 0.567. The lowest BCUT2D eigenvalue weighted by atomic mass is 10.1. The van der Waals surface area contributed by atoms with Crippen molar-refractivity contribution in [2.24, 2.45) is 0 Å². The molecule has 116 valence electrons. The van der Waals surface area contributed by atoms with E-state index in [2.05, 4.69) is 11.1 Å². The molecule has 0 radical (unpaired) electrons. The van der Waals surface area contributed by atoms with E-state index in [0.29, 0.717) is 12.4 Å².